The smallest absolute Gasteiger partial charge is 0.256 e. The molecule has 0 saturated carbocycles. The van der Waals surface area contributed by atoms with Gasteiger partial charge in [-0.3, -0.25) is 4.79 Å². The maximum Gasteiger partial charge on any atom is 0.256 e. The number of aryl methyl sites for hydroxylation is 1. The van der Waals surface area contributed by atoms with Crippen LogP contribution in [-0.4, -0.2) is 30.3 Å². The van der Waals surface area contributed by atoms with Crippen LogP contribution in [0.2, 0.25) is 0 Å². The molecule has 0 radical (unpaired) electrons. The predicted octanol–water partition coefficient (Wildman–Crippen LogP) is 3.94. The minimum atomic E-state index is -0.244. The standard InChI is InChI=1S/C19H19N3O4S/c1-12-20-18(26-22-12)11-27-17-7-5-4-6-14(17)19(23)21-15-10-13(24-2)8-9-16(15)25-3/h4-10H,11H2,1-3H3,(H,21,23). The number of amides is 1. The number of hydrogen-bond acceptors (Lipinski definition) is 7. The molecular formula is C19H19N3O4S. The second-order valence-electron chi connectivity index (χ2n) is 5.54. The van der Waals surface area contributed by atoms with E-state index in [1.165, 1.54) is 11.8 Å². The lowest BCUT2D eigenvalue weighted by Crippen LogP contribution is -2.13. The first-order chi connectivity index (χ1) is 13.1. The first-order valence-corrected chi connectivity index (χ1v) is 9.13. The summed E-state index contributed by atoms with van der Waals surface area (Å²) >= 11 is 1.46. The maximum absolute atomic E-state index is 12.8. The van der Waals surface area contributed by atoms with Crippen LogP contribution in [0.25, 0.3) is 0 Å². The lowest BCUT2D eigenvalue weighted by Gasteiger charge is -2.13. The Bertz CT molecular complexity index is 942. The molecule has 0 aliphatic carbocycles. The van der Waals surface area contributed by atoms with Crippen LogP contribution in [0.5, 0.6) is 11.5 Å². The third kappa shape index (κ3) is 4.59. The number of methoxy groups -OCH3 is 2. The molecule has 0 unspecified atom stereocenters. The van der Waals surface area contributed by atoms with Crippen LogP contribution in [0.3, 0.4) is 0 Å². The number of rotatable bonds is 7. The largest absolute Gasteiger partial charge is 0.497 e. The van der Waals surface area contributed by atoms with Crippen molar-refractivity contribution < 1.29 is 18.8 Å². The summed E-state index contributed by atoms with van der Waals surface area (Å²) in [6.07, 6.45) is 0. The molecule has 0 aliphatic rings. The van der Waals surface area contributed by atoms with Gasteiger partial charge >= 0.3 is 0 Å². The van der Waals surface area contributed by atoms with Crippen LogP contribution >= 0.6 is 11.8 Å². The highest BCUT2D eigenvalue weighted by atomic mass is 32.2. The number of ether oxygens (including phenoxy) is 2. The van der Waals surface area contributed by atoms with E-state index in [1.54, 1.807) is 45.4 Å². The van der Waals surface area contributed by atoms with Crippen LogP contribution < -0.4 is 14.8 Å². The Morgan fingerprint density at radius 2 is 2.00 bits per heavy atom. The normalized spacial score (nSPS) is 10.5. The van der Waals surface area contributed by atoms with Crippen molar-refractivity contribution in [3.8, 4) is 11.5 Å². The van der Waals surface area contributed by atoms with Crippen LogP contribution in [0.1, 0.15) is 22.1 Å². The average molecular weight is 385 g/mol. The Morgan fingerprint density at radius 3 is 2.70 bits per heavy atom. The molecule has 1 heterocycles. The Balaban J connectivity index is 1.79. The van der Waals surface area contributed by atoms with Crippen molar-refractivity contribution in [1.29, 1.82) is 0 Å². The molecule has 0 bridgehead atoms. The van der Waals surface area contributed by atoms with Crippen LogP contribution in [0.15, 0.2) is 51.9 Å². The second kappa shape index (κ2) is 8.59. The van der Waals surface area contributed by atoms with Crippen LogP contribution in [0.4, 0.5) is 5.69 Å². The fourth-order valence-corrected chi connectivity index (χ4v) is 3.31. The van der Waals surface area contributed by atoms with Crippen molar-refractivity contribution in [2.45, 2.75) is 17.6 Å². The van der Waals surface area contributed by atoms with E-state index in [0.717, 1.165) is 4.90 Å². The van der Waals surface area contributed by atoms with Crippen molar-refractivity contribution in [2.75, 3.05) is 19.5 Å². The predicted molar refractivity (Wildman–Crippen MR) is 103 cm³/mol. The van der Waals surface area contributed by atoms with Gasteiger partial charge in [0.1, 0.15) is 11.5 Å². The lowest BCUT2D eigenvalue weighted by atomic mass is 10.2. The van der Waals surface area contributed by atoms with Crippen LogP contribution in [0, 0.1) is 6.92 Å². The van der Waals surface area contributed by atoms with E-state index in [-0.39, 0.29) is 5.91 Å². The molecule has 1 aromatic heterocycles. The minimum Gasteiger partial charge on any atom is -0.497 e. The molecular weight excluding hydrogens is 366 g/mol. The van der Waals surface area contributed by atoms with Crippen molar-refractivity contribution >= 4 is 23.4 Å². The molecule has 2 aromatic carbocycles. The molecule has 140 valence electrons. The van der Waals surface area contributed by atoms with Gasteiger partial charge in [0.15, 0.2) is 5.82 Å². The van der Waals surface area contributed by atoms with E-state index in [4.69, 9.17) is 14.0 Å². The molecule has 0 atom stereocenters. The number of thioether (sulfide) groups is 1. The summed E-state index contributed by atoms with van der Waals surface area (Å²) in [5.74, 6) is 2.51. The Hall–Kier alpha value is -3.00. The topological polar surface area (TPSA) is 86.5 Å². The zero-order valence-electron chi connectivity index (χ0n) is 15.2. The van der Waals surface area contributed by atoms with Crippen molar-refractivity contribution in [3.63, 3.8) is 0 Å². The zero-order valence-corrected chi connectivity index (χ0v) is 16.0. The molecule has 8 heteroatoms. The third-order valence-corrected chi connectivity index (χ3v) is 4.77. The molecule has 3 aromatic rings. The van der Waals surface area contributed by atoms with E-state index in [0.29, 0.717) is 40.2 Å². The van der Waals surface area contributed by atoms with Gasteiger partial charge in [0.25, 0.3) is 5.91 Å². The molecule has 0 spiro atoms. The molecule has 7 nitrogen and oxygen atoms in total. The molecule has 27 heavy (non-hydrogen) atoms. The summed E-state index contributed by atoms with van der Waals surface area (Å²) < 4.78 is 15.7. The zero-order chi connectivity index (χ0) is 19.2. The number of nitrogens with zero attached hydrogens (tertiary/aromatic N) is 2. The van der Waals surface area contributed by atoms with Crippen LogP contribution in [-0.2, 0) is 5.75 Å². The average Bonchev–Trinajstić information content (AvgIpc) is 3.11. The second-order valence-corrected chi connectivity index (χ2v) is 6.56. The Labute approximate surface area is 161 Å². The fraction of sp³-hybridized carbons (Fsp3) is 0.211. The summed E-state index contributed by atoms with van der Waals surface area (Å²) in [5.41, 5.74) is 1.08. The molecule has 1 N–H and O–H groups in total. The highest BCUT2D eigenvalue weighted by Gasteiger charge is 2.15. The van der Waals surface area contributed by atoms with Gasteiger partial charge in [-0.25, -0.2) is 0 Å². The summed E-state index contributed by atoms with van der Waals surface area (Å²) in [5, 5.41) is 6.66. The maximum atomic E-state index is 12.8. The number of nitrogens with one attached hydrogen (secondary N) is 1. The number of carbonyl (C=O) groups excluding carboxylic acids is 1. The third-order valence-electron chi connectivity index (χ3n) is 3.71. The quantitative estimate of drug-likeness (QED) is 0.616. The van der Waals surface area contributed by atoms with Crippen molar-refractivity contribution in [2.24, 2.45) is 0 Å². The number of carbonyl (C=O) groups is 1. The fourth-order valence-electron chi connectivity index (χ4n) is 2.42. The summed E-state index contributed by atoms with van der Waals surface area (Å²) in [7, 11) is 3.12. The minimum absolute atomic E-state index is 0.244. The monoisotopic (exact) mass is 385 g/mol. The van der Waals surface area contributed by atoms with Crippen molar-refractivity contribution in [1.82, 2.24) is 10.1 Å². The van der Waals surface area contributed by atoms with Gasteiger partial charge in [-0.2, -0.15) is 4.98 Å². The SMILES string of the molecule is COc1ccc(OC)c(NC(=O)c2ccccc2SCc2nc(C)no2)c1. The summed E-state index contributed by atoms with van der Waals surface area (Å²) in [6, 6.07) is 12.6. The van der Waals surface area contributed by atoms with Crippen molar-refractivity contribution in [3.05, 3.63) is 59.7 Å². The number of hydrogen-bond donors (Lipinski definition) is 1. The van der Waals surface area contributed by atoms with E-state index in [1.807, 2.05) is 18.2 Å². The molecule has 3 rings (SSSR count). The van der Waals surface area contributed by atoms with E-state index >= 15 is 0 Å². The van der Waals surface area contributed by atoms with E-state index in [2.05, 4.69) is 15.5 Å². The highest BCUT2D eigenvalue weighted by molar-refractivity contribution is 7.98. The lowest BCUT2D eigenvalue weighted by molar-refractivity contribution is 0.102. The Morgan fingerprint density at radius 1 is 1.19 bits per heavy atom. The molecule has 0 aliphatic heterocycles. The van der Waals surface area contributed by atoms with Gasteiger partial charge in [0, 0.05) is 11.0 Å². The molecule has 0 fully saturated rings. The summed E-state index contributed by atoms with van der Waals surface area (Å²) in [6.45, 7) is 1.76. The van der Waals surface area contributed by atoms with E-state index in [9.17, 15) is 4.79 Å². The first kappa shape index (κ1) is 18.8. The molecule has 1 amide bonds. The van der Waals surface area contributed by atoms with Gasteiger partial charge in [0.05, 0.1) is 31.2 Å². The number of anilines is 1. The highest BCUT2D eigenvalue weighted by Crippen LogP contribution is 2.31. The summed E-state index contributed by atoms with van der Waals surface area (Å²) in [4.78, 5) is 17.8. The first-order valence-electron chi connectivity index (χ1n) is 8.15. The van der Waals surface area contributed by atoms with Gasteiger partial charge < -0.3 is 19.3 Å². The number of aromatic nitrogens is 2. The number of benzene rings is 2. The van der Waals surface area contributed by atoms with E-state index < -0.39 is 0 Å². The Kier molecular flexibility index (Phi) is 5.97. The van der Waals surface area contributed by atoms with Gasteiger partial charge in [-0.05, 0) is 31.2 Å². The van der Waals surface area contributed by atoms with Gasteiger partial charge in [-0.1, -0.05) is 17.3 Å². The van der Waals surface area contributed by atoms with Gasteiger partial charge in [-0.15, -0.1) is 11.8 Å². The van der Waals surface area contributed by atoms with Gasteiger partial charge in [0.2, 0.25) is 5.89 Å². The molecule has 0 saturated heterocycles.